The van der Waals surface area contributed by atoms with Gasteiger partial charge in [0.1, 0.15) is 5.01 Å². The molecule has 0 saturated heterocycles. The van der Waals surface area contributed by atoms with Crippen molar-refractivity contribution in [2.75, 3.05) is 0 Å². The summed E-state index contributed by atoms with van der Waals surface area (Å²) in [5, 5.41) is 3.81. The maximum absolute atomic E-state index is 12.7. The molecule has 0 radical (unpaired) electrons. The maximum Gasteiger partial charge on any atom is 0.383 e. The minimum Gasteiger partial charge on any atom is -0.339 e. The third-order valence-electron chi connectivity index (χ3n) is 1.97. The van der Waals surface area contributed by atoms with E-state index >= 15 is 0 Å². The largest absolute Gasteiger partial charge is 0.383 e. The van der Waals surface area contributed by atoms with E-state index in [0.29, 0.717) is 5.01 Å². The molecule has 3 nitrogen and oxygen atoms in total. The van der Waals surface area contributed by atoms with Crippen LogP contribution >= 0.6 is 11.3 Å². The van der Waals surface area contributed by atoms with Gasteiger partial charge in [0, 0.05) is 11.6 Å². The highest BCUT2D eigenvalue weighted by molar-refractivity contribution is 7.09. The second-order valence-electron chi connectivity index (χ2n) is 3.84. The molecule has 1 amide bonds. The van der Waals surface area contributed by atoms with Crippen molar-refractivity contribution in [2.24, 2.45) is 0 Å². The van der Waals surface area contributed by atoms with E-state index in [1.54, 1.807) is 5.38 Å². The number of carbonyl (C=O) groups is 1. The Morgan fingerprint density at radius 2 is 2.06 bits per heavy atom. The molecule has 96 valence electrons. The van der Waals surface area contributed by atoms with Crippen molar-refractivity contribution < 1.29 is 22.4 Å². The lowest BCUT2D eigenvalue weighted by atomic mass is 10.1. The summed E-state index contributed by atoms with van der Waals surface area (Å²) in [6, 6.07) is 0. The van der Waals surface area contributed by atoms with E-state index in [2.05, 4.69) is 4.98 Å². The number of aromatic nitrogens is 1. The molecule has 17 heavy (non-hydrogen) atoms. The number of nitrogens with zero attached hydrogens (tertiary/aromatic N) is 1. The van der Waals surface area contributed by atoms with Gasteiger partial charge in [-0.05, 0) is 13.8 Å². The van der Waals surface area contributed by atoms with E-state index in [0.717, 1.165) is 11.3 Å². The molecule has 1 rings (SSSR count). The lowest BCUT2D eigenvalue weighted by molar-refractivity contribution is -0.171. The first-order valence-electron chi connectivity index (χ1n) is 4.56. The van der Waals surface area contributed by atoms with Crippen LogP contribution in [0.15, 0.2) is 11.6 Å². The number of alkyl halides is 4. The Morgan fingerprint density at radius 1 is 1.47 bits per heavy atom. The molecule has 0 unspecified atom stereocenters. The highest BCUT2D eigenvalue weighted by Crippen LogP contribution is 2.27. The molecule has 0 atom stereocenters. The summed E-state index contributed by atoms with van der Waals surface area (Å²) in [6.45, 7) is 2.82. The molecule has 0 spiro atoms. The molecular formula is C9H10F4N2OS. The molecule has 0 saturated carbocycles. The predicted octanol–water partition coefficient (Wildman–Crippen LogP) is 2.39. The summed E-state index contributed by atoms with van der Waals surface area (Å²) >= 11 is 1.13. The van der Waals surface area contributed by atoms with Crippen molar-refractivity contribution in [3.8, 4) is 0 Å². The lowest BCUT2D eigenvalue weighted by Crippen LogP contribution is -2.51. The number of hydrogen-bond acceptors (Lipinski definition) is 3. The van der Waals surface area contributed by atoms with Crippen LogP contribution in [0.25, 0.3) is 0 Å². The van der Waals surface area contributed by atoms with Gasteiger partial charge < -0.3 is 5.32 Å². The second kappa shape index (κ2) is 4.59. The van der Waals surface area contributed by atoms with Crippen LogP contribution in [-0.2, 0) is 10.3 Å². The Hall–Kier alpha value is -1.18. The molecule has 1 heterocycles. The van der Waals surface area contributed by atoms with E-state index in [-0.39, 0.29) is 0 Å². The standard InChI is InChI=1S/C9H10F4N2OS/c1-8(2,7-14-3-4-17-7)15-6(16)9(12,13)5(10)11/h3-5H,1-2H3,(H,15,16). The van der Waals surface area contributed by atoms with Gasteiger partial charge in [-0.3, -0.25) is 4.79 Å². The summed E-state index contributed by atoms with van der Waals surface area (Å²) < 4.78 is 49.4. The van der Waals surface area contributed by atoms with Crippen LogP contribution < -0.4 is 5.32 Å². The number of thiazole rings is 1. The van der Waals surface area contributed by atoms with E-state index in [4.69, 9.17) is 0 Å². The fourth-order valence-corrected chi connectivity index (χ4v) is 1.77. The fourth-order valence-electron chi connectivity index (χ4n) is 1.05. The second-order valence-corrected chi connectivity index (χ2v) is 4.73. The monoisotopic (exact) mass is 270 g/mol. The topological polar surface area (TPSA) is 42.0 Å². The molecule has 1 N–H and O–H groups in total. The number of nitrogens with one attached hydrogen (secondary N) is 1. The van der Waals surface area contributed by atoms with Crippen LogP contribution in [0.3, 0.4) is 0 Å². The Labute approximate surface area is 98.9 Å². The van der Waals surface area contributed by atoms with Gasteiger partial charge in [-0.15, -0.1) is 11.3 Å². The molecule has 0 aromatic carbocycles. The minimum atomic E-state index is -4.70. The van der Waals surface area contributed by atoms with Gasteiger partial charge in [0.05, 0.1) is 5.54 Å². The van der Waals surface area contributed by atoms with Gasteiger partial charge in [0.15, 0.2) is 0 Å². The number of halogens is 4. The third-order valence-corrected chi connectivity index (χ3v) is 3.07. The van der Waals surface area contributed by atoms with E-state index in [1.165, 1.54) is 20.0 Å². The fraction of sp³-hybridized carbons (Fsp3) is 0.556. The summed E-state index contributed by atoms with van der Waals surface area (Å²) in [7, 11) is 0. The van der Waals surface area contributed by atoms with Crippen LogP contribution in [-0.4, -0.2) is 23.2 Å². The zero-order valence-electron chi connectivity index (χ0n) is 9.01. The summed E-state index contributed by atoms with van der Waals surface area (Å²) in [6.07, 6.45) is -2.60. The smallest absolute Gasteiger partial charge is 0.339 e. The molecule has 0 aliphatic carbocycles. The number of hydrogen-bond donors (Lipinski definition) is 1. The summed E-state index contributed by atoms with van der Waals surface area (Å²) in [5.41, 5.74) is -1.22. The van der Waals surface area contributed by atoms with Crippen molar-refractivity contribution in [2.45, 2.75) is 31.7 Å². The minimum absolute atomic E-state index is 0.357. The van der Waals surface area contributed by atoms with Crippen LogP contribution in [0, 0.1) is 0 Å². The molecule has 0 aliphatic rings. The van der Waals surface area contributed by atoms with Crippen molar-refractivity contribution in [1.29, 1.82) is 0 Å². The Bertz CT molecular complexity index is 392. The number of carbonyl (C=O) groups excluding carboxylic acids is 1. The van der Waals surface area contributed by atoms with Gasteiger partial charge in [0.2, 0.25) is 0 Å². The van der Waals surface area contributed by atoms with E-state index in [1.807, 2.05) is 5.32 Å². The van der Waals surface area contributed by atoms with Crippen molar-refractivity contribution in [3.63, 3.8) is 0 Å². The highest BCUT2D eigenvalue weighted by atomic mass is 32.1. The summed E-state index contributed by atoms with van der Waals surface area (Å²) in [4.78, 5) is 14.9. The molecule has 1 aromatic heterocycles. The van der Waals surface area contributed by atoms with Crippen LogP contribution in [0.5, 0.6) is 0 Å². The van der Waals surface area contributed by atoms with Gasteiger partial charge in [-0.1, -0.05) is 0 Å². The Balaban J connectivity index is 2.82. The summed E-state index contributed by atoms with van der Waals surface area (Å²) in [5.74, 6) is -6.71. The van der Waals surface area contributed by atoms with Crippen LogP contribution in [0.2, 0.25) is 0 Å². The molecule has 0 bridgehead atoms. The first-order valence-corrected chi connectivity index (χ1v) is 5.44. The van der Waals surface area contributed by atoms with Crippen molar-refractivity contribution in [1.82, 2.24) is 10.3 Å². The van der Waals surface area contributed by atoms with Gasteiger partial charge in [0.25, 0.3) is 5.91 Å². The predicted molar refractivity (Wildman–Crippen MR) is 54.2 cm³/mol. The SMILES string of the molecule is CC(C)(NC(=O)C(F)(F)C(F)F)c1nccs1. The normalized spacial score (nSPS) is 12.9. The first kappa shape index (κ1) is 13.9. The van der Waals surface area contributed by atoms with Crippen LogP contribution in [0.1, 0.15) is 18.9 Å². The van der Waals surface area contributed by atoms with Gasteiger partial charge in [-0.2, -0.15) is 8.78 Å². The zero-order chi connectivity index (χ0) is 13.3. The average Bonchev–Trinajstić information content (AvgIpc) is 2.69. The molecular weight excluding hydrogens is 260 g/mol. The zero-order valence-corrected chi connectivity index (χ0v) is 9.82. The Kier molecular flexibility index (Phi) is 3.75. The Morgan fingerprint density at radius 3 is 2.47 bits per heavy atom. The van der Waals surface area contributed by atoms with Gasteiger partial charge in [-0.25, -0.2) is 13.8 Å². The third kappa shape index (κ3) is 2.93. The van der Waals surface area contributed by atoms with Crippen molar-refractivity contribution >= 4 is 17.2 Å². The lowest BCUT2D eigenvalue weighted by Gasteiger charge is -2.26. The molecule has 1 aromatic rings. The maximum atomic E-state index is 12.7. The molecule has 8 heteroatoms. The number of amides is 1. The highest BCUT2D eigenvalue weighted by Gasteiger charge is 2.50. The van der Waals surface area contributed by atoms with Crippen LogP contribution in [0.4, 0.5) is 17.6 Å². The molecule has 0 aliphatic heterocycles. The average molecular weight is 270 g/mol. The van der Waals surface area contributed by atoms with E-state index < -0.39 is 23.8 Å². The molecule has 0 fully saturated rings. The van der Waals surface area contributed by atoms with Crippen molar-refractivity contribution in [3.05, 3.63) is 16.6 Å². The van der Waals surface area contributed by atoms with E-state index in [9.17, 15) is 22.4 Å². The van der Waals surface area contributed by atoms with Gasteiger partial charge >= 0.3 is 12.3 Å². The first-order chi connectivity index (χ1) is 7.68. The quantitative estimate of drug-likeness (QED) is 0.854. The number of rotatable bonds is 4.